The summed E-state index contributed by atoms with van der Waals surface area (Å²) >= 11 is 18.0. The van der Waals surface area contributed by atoms with Crippen LogP contribution in [-0.4, -0.2) is 36.5 Å². The van der Waals surface area contributed by atoms with Gasteiger partial charge in [-0.05, 0) is 50.9 Å². The predicted molar refractivity (Wildman–Crippen MR) is 100 cm³/mol. The molecular formula is C15H21Cl4N3O. The fourth-order valence-corrected chi connectivity index (χ4v) is 3.59. The molecule has 0 radical (unpaired) electrons. The molecule has 2 rings (SSSR count). The van der Waals surface area contributed by atoms with Gasteiger partial charge in [-0.15, -0.1) is 12.4 Å². The zero-order valence-corrected chi connectivity index (χ0v) is 15.9. The van der Waals surface area contributed by atoms with Crippen LogP contribution in [0.15, 0.2) is 12.1 Å². The molecule has 1 aliphatic rings. The molecule has 0 aromatic heterocycles. The summed E-state index contributed by atoms with van der Waals surface area (Å²) in [5, 5.41) is 3.86. The summed E-state index contributed by atoms with van der Waals surface area (Å²) in [6.07, 6.45) is 2.04. The fourth-order valence-electron chi connectivity index (χ4n) is 2.68. The zero-order valence-electron chi connectivity index (χ0n) is 12.8. The smallest absolute Gasteiger partial charge is 0.238 e. The average molecular weight is 401 g/mol. The maximum absolute atomic E-state index is 12.2. The molecule has 23 heavy (non-hydrogen) atoms. The summed E-state index contributed by atoms with van der Waals surface area (Å²) in [6.45, 7) is 4.11. The molecule has 0 bridgehead atoms. The summed E-state index contributed by atoms with van der Waals surface area (Å²) < 4.78 is 0. The summed E-state index contributed by atoms with van der Waals surface area (Å²) in [4.78, 5) is 14.3. The van der Waals surface area contributed by atoms with Crippen LogP contribution < -0.4 is 11.1 Å². The highest BCUT2D eigenvalue weighted by atomic mass is 35.5. The second kappa shape index (κ2) is 9.30. The molecule has 1 aromatic rings. The molecule has 3 N–H and O–H groups in total. The highest BCUT2D eigenvalue weighted by molar-refractivity contribution is 6.42. The highest BCUT2D eigenvalue weighted by Gasteiger charge is 2.23. The minimum Gasteiger partial charge on any atom is -0.328 e. The first-order valence-corrected chi connectivity index (χ1v) is 8.42. The van der Waals surface area contributed by atoms with Crippen LogP contribution in [-0.2, 0) is 4.79 Å². The molecule has 1 unspecified atom stereocenters. The lowest BCUT2D eigenvalue weighted by atomic mass is 9.91. The number of rotatable bonds is 4. The maximum Gasteiger partial charge on any atom is 0.238 e. The van der Waals surface area contributed by atoms with E-state index in [1.807, 2.05) is 6.92 Å². The molecule has 1 atom stereocenters. The van der Waals surface area contributed by atoms with E-state index in [1.165, 1.54) is 0 Å². The molecule has 1 saturated heterocycles. The van der Waals surface area contributed by atoms with Crippen LogP contribution >= 0.6 is 47.2 Å². The van der Waals surface area contributed by atoms with E-state index >= 15 is 0 Å². The Hall–Kier alpha value is -0.230. The fraction of sp³-hybridized carbons (Fsp3) is 0.533. The quantitative estimate of drug-likeness (QED) is 0.800. The van der Waals surface area contributed by atoms with Gasteiger partial charge in [-0.1, -0.05) is 34.8 Å². The van der Waals surface area contributed by atoms with Crippen molar-refractivity contribution in [1.29, 1.82) is 0 Å². The second-order valence-corrected chi connectivity index (χ2v) is 7.02. The Morgan fingerprint density at radius 3 is 2.30 bits per heavy atom. The molecule has 1 heterocycles. The van der Waals surface area contributed by atoms with E-state index < -0.39 is 0 Å². The van der Waals surface area contributed by atoms with E-state index in [-0.39, 0.29) is 24.4 Å². The highest BCUT2D eigenvalue weighted by Crippen LogP contribution is 2.33. The molecule has 0 saturated carbocycles. The van der Waals surface area contributed by atoms with Crippen LogP contribution in [0.4, 0.5) is 5.69 Å². The lowest BCUT2D eigenvalue weighted by Crippen LogP contribution is -2.42. The Kier molecular flexibility index (Phi) is 8.42. The Morgan fingerprint density at radius 2 is 1.83 bits per heavy atom. The van der Waals surface area contributed by atoms with Crippen LogP contribution in [0.3, 0.4) is 0 Å². The van der Waals surface area contributed by atoms with Gasteiger partial charge in [0.2, 0.25) is 5.91 Å². The number of hydrogen-bond acceptors (Lipinski definition) is 3. The third-order valence-electron chi connectivity index (χ3n) is 4.01. The van der Waals surface area contributed by atoms with Gasteiger partial charge in [0, 0.05) is 11.1 Å². The molecule has 8 heteroatoms. The first-order chi connectivity index (χ1) is 10.4. The van der Waals surface area contributed by atoms with Gasteiger partial charge in [-0.2, -0.15) is 0 Å². The molecule has 1 aliphatic heterocycles. The summed E-state index contributed by atoms with van der Waals surface area (Å²) in [5.74, 6) is 0.407. The predicted octanol–water partition coefficient (Wildman–Crippen LogP) is 4.07. The minimum atomic E-state index is -0.134. The maximum atomic E-state index is 12.2. The number of nitrogens with two attached hydrogens (primary N) is 1. The Balaban J connectivity index is 0.00000264. The lowest BCUT2D eigenvalue weighted by molar-refractivity contribution is -0.117. The molecular weight excluding hydrogens is 380 g/mol. The molecule has 1 amide bonds. The first-order valence-electron chi connectivity index (χ1n) is 7.29. The molecule has 4 nitrogen and oxygen atoms in total. The van der Waals surface area contributed by atoms with Crippen molar-refractivity contribution in [2.45, 2.75) is 25.8 Å². The molecule has 1 fully saturated rings. The number of likely N-dealkylation sites (tertiary alicyclic amines) is 1. The van der Waals surface area contributed by atoms with Gasteiger partial charge < -0.3 is 11.1 Å². The number of piperidine rings is 1. The van der Waals surface area contributed by atoms with Gasteiger partial charge in [0.25, 0.3) is 0 Å². The van der Waals surface area contributed by atoms with Crippen LogP contribution in [0.1, 0.15) is 19.8 Å². The van der Waals surface area contributed by atoms with E-state index in [4.69, 9.17) is 40.5 Å². The number of hydrogen-bond donors (Lipinski definition) is 2. The molecule has 0 aliphatic carbocycles. The van der Waals surface area contributed by atoms with Crippen molar-refractivity contribution in [2.24, 2.45) is 11.7 Å². The van der Waals surface area contributed by atoms with E-state index in [0.717, 1.165) is 25.9 Å². The Labute approximate surface area is 158 Å². The average Bonchev–Trinajstić information content (AvgIpc) is 2.43. The summed E-state index contributed by atoms with van der Waals surface area (Å²) in [5.41, 5.74) is 6.33. The van der Waals surface area contributed by atoms with Crippen LogP contribution in [0, 0.1) is 5.92 Å². The van der Waals surface area contributed by atoms with Crippen molar-refractivity contribution >= 4 is 58.8 Å². The van der Waals surface area contributed by atoms with Gasteiger partial charge >= 0.3 is 0 Å². The van der Waals surface area contributed by atoms with Crippen molar-refractivity contribution in [2.75, 3.05) is 25.0 Å². The van der Waals surface area contributed by atoms with Crippen molar-refractivity contribution in [3.63, 3.8) is 0 Å². The topological polar surface area (TPSA) is 58.4 Å². The number of halogens is 4. The number of nitrogens with one attached hydrogen (secondary N) is 1. The van der Waals surface area contributed by atoms with Crippen molar-refractivity contribution < 1.29 is 4.79 Å². The van der Waals surface area contributed by atoms with E-state index in [0.29, 0.717) is 33.2 Å². The number of anilines is 1. The first kappa shape index (κ1) is 20.8. The van der Waals surface area contributed by atoms with Gasteiger partial charge in [-0.3, -0.25) is 9.69 Å². The third-order valence-corrected chi connectivity index (χ3v) is 4.83. The van der Waals surface area contributed by atoms with Crippen molar-refractivity contribution in [1.82, 2.24) is 4.90 Å². The number of nitrogens with zero attached hydrogens (tertiary/aromatic N) is 1. The monoisotopic (exact) mass is 399 g/mol. The lowest BCUT2D eigenvalue weighted by Gasteiger charge is -2.33. The molecule has 130 valence electrons. The zero-order chi connectivity index (χ0) is 16.3. The van der Waals surface area contributed by atoms with Crippen molar-refractivity contribution in [3.05, 3.63) is 27.2 Å². The van der Waals surface area contributed by atoms with Gasteiger partial charge in [0.05, 0.1) is 22.3 Å². The van der Waals surface area contributed by atoms with Crippen molar-refractivity contribution in [3.8, 4) is 0 Å². The Morgan fingerprint density at radius 1 is 1.30 bits per heavy atom. The molecule has 1 aromatic carbocycles. The largest absolute Gasteiger partial charge is 0.328 e. The molecule has 0 spiro atoms. The second-order valence-electron chi connectivity index (χ2n) is 5.77. The summed E-state index contributed by atoms with van der Waals surface area (Å²) in [7, 11) is 0. The van der Waals surface area contributed by atoms with Crippen LogP contribution in [0.25, 0.3) is 0 Å². The number of carbonyl (C=O) groups excluding carboxylic acids is 1. The number of benzene rings is 1. The number of amides is 1. The van der Waals surface area contributed by atoms with Gasteiger partial charge in [0.1, 0.15) is 0 Å². The summed E-state index contributed by atoms with van der Waals surface area (Å²) in [6, 6.07) is 3.32. The Bertz CT molecular complexity index is 523. The minimum absolute atomic E-state index is 0. The van der Waals surface area contributed by atoms with Crippen LogP contribution in [0.5, 0.6) is 0 Å². The standard InChI is InChI=1S/C15H20Cl3N3O.ClH/c1-9(19)10-2-4-21(5-3-10)8-14(22)20-15-12(17)6-11(16)7-13(15)18;/h6-7,9-10H,2-5,8,19H2,1H3,(H,20,22);1H. The van der Waals surface area contributed by atoms with Crippen LogP contribution in [0.2, 0.25) is 15.1 Å². The van der Waals surface area contributed by atoms with Gasteiger partial charge in [0.15, 0.2) is 0 Å². The van der Waals surface area contributed by atoms with E-state index in [9.17, 15) is 4.79 Å². The van der Waals surface area contributed by atoms with E-state index in [2.05, 4.69) is 10.2 Å². The third kappa shape index (κ3) is 5.96. The SMILES string of the molecule is CC(N)C1CCN(CC(=O)Nc2c(Cl)cc(Cl)cc2Cl)CC1.Cl. The number of carbonyl (C=O) groups is 1. The van der Waals surface area contributed by atoms with E-state index in [1.54, 1.807) is 12.1 Å². The normalized spacial score (nSPS) is 17.4. The van der Waals surface area contributed by atoms with Gasteiger partial charge in [-0.25, -0.2) is 0 Å².